The Bertz CT molecular complexity index is 416. The van der Waals surface area contributed by atoms with Gasteiger partial charge in [-0.2, -0.15) is 5.10 Å². The molecule has 0 radical (unpaired) electrons. The summed E-state index contributed by atoms with van der Waals surface area (Å²) in [5, 5.41) is 6.57. The van der Waals surface area contributed by atoms with Crippen molar-refractivity contribution in [1.29, 1.82) is 0 Å². The summed E-state index contributed by atoms with van der Waals surface area (Å²) in [7, 11) is 1.38. The lowest BCUT2D eigenvalue weighted by atomic mass is 9.98. The average molecular weight is 251 g/mol. The summed E-state index contributed by atoms with van der Waals surface area (Å²) in [6.07, 6.45) is 3.55. The molecule has 98 valence electrons. The van der Waals surface area contributed by atoms with Crippen LogP contribution in [0.3, 0.4) is 0 Å². The van der Waals surface area contributed by atoms with E-state index >= 15 is 0 Å². The summed E-state index contributed by atoms with van der Waals surface area (Å²) in [5.74, 6) is -0.392. The molecule has 6 nitrogen and oxygen atoms in total. The summed E-state index contributed by atoms with van der Waals surface area (Å²) in [6.45, 7) is 1.17. The molecule has 2 heterocycles. The van der Waals surface area contributed by atoms with Crippen molar-refractivity contribution in [2.45, 2.75) is 19.3 Å². The first-order chi connectivity index (χ1) is 8.70. The number of piperidine rings is 1. The van der Waals surface area contributed by atoms with Gasteiger partial charge in [-0.3, -0.25) is 14.7 Å². The molecule has 1 N–H and O–H groups in total. The van der Waals surface area contributed by atoms with Crippen molar-refractivity contribution in [2.24, 2.45) is 5.92 Å². The molecule has 2 rings (SSSR count). The number of ether oxygens (including phenoxy) is 1. The van der Waals surface area contributed by atoms with Gasteiger partial charge in [0, 0.05) is 25.0 Å². The summed E-state index contributed by atoms with van der Waals surface area (Å²) in [4.78, 5) is 25.3. The van der Waals surface area contributed by atoms with E-state index in [0.717, 1.165) is 18.5 Å². The Morgan fingerprint density at radius 2 is 2.44 bits per heavy atom. The number of nitrogens with one attached hydrogen (secondary N) is 1. The molecule has 1 fully saturated rings. The van der Waals surface area contributed by atoms with Gasteiger partial charge in [0.1, 0.15) is 0 Å². The number of esters is 1. The number of methoxy groups -OCH3 is 1. The number of carbonyl (C=O) groups excluding carboxylic acids is 2. The van der Waals surface area contributed by atoms with Gasteiger partial charge < -0.3 is 9.64 Å². The quantitative estimate of drug-likeness (QED) is 0.787. The van der Waals surface area contributed by atoms with Crippen LogP contribution in [-0.2, 0) is 20.7 Å². The number of nitrogens with zero attached hydrogens (tertiary/aromatic N) is 2. The minimum atomic E-state index is -0.228. The second-order valence-corrected chi connectivity index (χ2v) is 4.46. The zero-order valence-corrected chi connectivity index (χ0v) is 10.4. The first-order valence-electron chi connectivity index (χ1n) is 6.04. The molecule has 1 aliphatic rings. The molecule has 0 bridgehead atoms. The maximum absolute atomic E-state index is 12.0. The topological polar surface area (TPSA) is 75.3 Å². The van der Waals surface area contributed by atoms with Crippen LogP contribution >= 0.6 is 0 Å². The predicted molar refractivity (Wildman–Crippen MR) is 63.6 cm³/mol. The van der Waals surface area contributed by atoms with Gasteiger partial charge in [-0.15, -0.1) is 0 Å². The van der Waals surface area contributed by atoms with Crippen molar-refractivity contribution < 1.29 is 14.3 Å². The van der Waals surface area contributed by atoms with E-state index in [1.807, 2.05) is 0 Å². The van der Waals surface area contributed by atoms with Crippen molar-refractivity contribution in [3.05, 3.63) is 18.0 Å². The molecule has 0 saturated carbocycles. The molecule has 0 aromatic carbocycles. The van der Waals surface area contributed by atoms with Crippen molar-refractivity contribution in [2.75, 3.05) is 20.2 Å². The lowest BCUT2D eigenvalue weighted by molar-refractivity contribution is -0.148. The number of rotatable bonds is 3. The van der Waals surface area contributed by atoms with Crippen LogP contribution in [-0.4, -0.2) is 47.2 Å². The maximum Gasteiger partial charge on any atom is 0.310 e. The predicted octanol–water partition coefficient (Wildman–Crippen LogP) is 0.364. The summed E-state index contributed by atoms with van der Waals surface area (Å²) in [5.41, 5.74) is 0.792. The first kappa shape index (κ1) is 12.6. The van der Waals surface area contributed by atoms with Gasteiger partial charge in [-0.25, -0.2) is 0 Å². The second kappa shape index (κ2) is 5.66. The lowest BCUT2D eigenvalue weighted by Crippen LogP contribution is -2.43. The fraction of sp³-hybridized carbons (Fsp3) is 0.583. The number of carbonyl (C=O) groups is 2. The Balaban J connectivity index is 1.92. The summed E-state index contributed by atoms with van der Waals surface area (Å²) < 4.78 is 4.73. The molecular formula is C12H17N3O3. The van der Waals surface area contributed by atoms with Gasteiger partial charge >= 0.3 is 5.97 Å². The third-order valence-corrected chi connectivity index (χ3v) is 3.21. The number of aromatic nitrogens is 2. The summed E-state index contributed by atoms with van der Waals surface area (Å²) in [6, 6.07) is 1.78. The van der Waals surface area contributed by atoms with Crippen LogP contribution in [0.2, 0.25) is 0 Å². The molecule has 6 heteroatoms. The maximum atomic E-state index is 12.0. The number of likely N-dealkylation sites (tertiary alicyclic amines) is 1. The second-order valence-electron chi connectivity index (χ2n) is 4.46. The molecule has 1 amide bonds. The molecule has 0 aliphatic carbocycles. The van der Waals surface area contributed by atoms with E-state index in [4.69, 9.17) is 4.74 Å². The Morgan fingerprint density at radius 1 is 1.61 bits per heavy atom. The molecule has 1 aliphatic heterocycles. The van der Waals surface area contributed by atoms with E-state index in [-0.39, 0.29) is 17.8 Å². The smallest absolute Gasteiger partial charge is 0.310 e. The zero-order valence-electron chi connectivity index (χ0n) is 10.4. The van der Waals surface area contributed by atoms with Gasteiger partial charge in [0.2, 0.25) is 5.91 Å². The molecule has 1 aromatic heterocycles. The molecule has 1 atom stereocenters. The standard InChI is InChI=1S/C12H17N3O3/c1-18-12(17)9-3-2-6-15(8-9)11(16)7-10-4-5-13-14-10/h4-5,9H,2-3,6-8H2,1H3,(H,13,14). The van der Waals surface area contributed by atoms with Gasteiger partial charge in [-0.05, 0) is 18.9 Å². The van der Waals surface area contributed by atoms with Crippen LogP contribution in [0.5, 0.6) is 0 Å². The highest BCUT2D eigenvalue weighted by Gasteiger charge is 2.28. The number of aromatic amines is 1. The summed E-state index contributed by atoms with van der Waals surface area (Å²) >= 11 is 0. The van der Waals surface area contributed by atoms with Gasteiger partial charge in [-0.1, -0.05) is 0 Å². The van der Waals surface area contributed by atoms with Crippen LogP contribution in [0.1, 0.15) is 18.5 Å². The first-order valence-corrected chi connectivity index (χ1v) is 6.04. The molecule has 0 spiro atoms. The SMILES string of the molecule is COC(=O)C1CCCN(C(=O)Cc2ccn[nH]2)C1. The third-order valence-electron chi connectivity index (χ3n) is 3.21. The van der Waals surface area contributed by atoms with Crippen LogP contribution < -0.4 is 0 Å². The van der Waals surface area contributed by atoms with Gasteiger partial charge in [0.25, 0.3) is 0 Å². The highest BCUT2D eigenvalue weighted by atomic mass is 16.5. The van der Waals surface area contributed by atoms with Crippen LogP contribution in [0.25, 0.3) is 0 Å². The van der Waals surface area contributed by atoms with E-state index in [2.05, 4.69) is 10.2 Å². The Kier molecular flexibility index (Phi) is 3.96. The Morgan fingerprint density at radius 3 is 3.11 bits per heavy atom. The lowest BCUT2D eigenvalue weighted by Gasteiger charge is -2.31. The van der Waals surface area contributed by atoms with Gasteiger partial charge in [0.15, 0.2) is 0 Å². The Hall–Kier alpha value is -1.85. The van der Waals surface area contributed by atoms with Crippen LogP contribution in [0.15, 0.2) is 12.3 Å². The zero-order chi connectivity index (χ0) is 13.0. The van der Waals surface area contributed by atoms with Crippen molar-refractivity contribution >= 4 is 11.9 Å². The normalized spacial score (nSPS) is 19.6. The number of hydrogen-bond acceptors (Lipinski definition) is 4. The average Bonchev–Trinajstić information content (AvgIpc) is 2.90. The molecule has 1 unspecified atom stereocenters. The molecular weight excluding hydrogens is 234 g/mol. The molecule has 18 heavy (non-hydrogen) atoms. The van der Waals surface area contributed by atoms with Crippen LogP contribution in [0.4, 0.5) is 0 Å². The number of H-pyrrole nitrogens is 1. The fourth-order valence-corrected chi connectivity index (χ4v) is 2.22. The van der Waals surface area contributed by atoms with Gasteiger partial charge in [0.05, 0.1) is 19.4 Å². The number of amides is 1. The fourth-order valence-electron chi connectivity index (χ4n) is 2.22. The largest absolute Gasteiger partial charge is 0.469 e. The van der Waals surface area contributed by atoms with E-state index in [1.165, 1.54) is 7.11 Å². The minimum absolute atomic E-state index is 0.0212. The monoisotopic (exact) mass is 251 g/mol. The highest BCUT2D eigenvalue weighted by Crippen LogP contribution is 2.18. The molecule has 1 saturated heterocycles. The number of hydrogen-bond donors (Lipinski definition) is 1. The van der Waals surface area contributed by atoms with E-state index < -0.39 is 0 Å². The Labute approximate surface area is 105 Å². The van der Waals surface area contributed by atoms with Crippen LogP contribution in [0, 0.1) is 5.92 Å². The van der Waals surface area contributed by atoms with E-state index in [1.54, 1.807) is 17.2 Å². The van der Waals surface area contributed by atoms with Crippen molar-refractivity contribution in [3.8, 4) is 0 Å². The highest BCUT2D eigenvalue weighted by molar-refractivity contribution is 5.80. The van der Waals surface area contributed by atoms with Crippen molar-refractivity contribution in [1.82, 2.24) is 15.1 Å². The third kappa shape index (κ3) is 2.88. The van der Waals surface area contributed by atoms with Crippen molar-refractivity contribution in [3.63, 3.8) is 0 Å². The van der Waals surface area contributed by atoms with E-state index in [9.17, 15) is 9.59 Å². The van der Waals surface area contributed by atoms with E-state index in [0.29, 0.717) is 19.5 Å². The molecule has 1 aromatic rings. The minimum Gasteiger partial charge on any atom is -0.469 e.